The van der Waals surface area contributed by atoms with Gasteiger partial charge < -0.3 is 5.11 Å². The van der Waals surface area contributed by atoms with Crippen LogP contribution in [0.5, 0.6) is 5.75 Å². The van der Waals surface area contributed by atoms with Crippen LogP contribution in [0.25, 0.3) is 11.1 Å². The fourth-order valence-corrected chi connectivity index (χ4v) is 3.31. The molecule has 0 saturated carbocycles. The smallest absolute Gasteiger partial charge is 0.115 e. The summed E-state index contributed by atoms with van der Waals surface area (Å²) >= 11 is 0. The first-order valence-electron chi connectivity index (χ1n) is 8.44. The minimum Gasteiger partial charge on any atom is -0.508 e. The Hall–Kier alpha value is -2.28. The van der Waals surface area contributed by atoms with E-state index in [4.69, 9.17) is 0 Å². The van der Waals surface area contributed by atoms with Gasteiger partial charge in [-0.3, -0.25) is 0 Å². The molecule has 3 rings (SSSR count). The zero-order valence-electron chi connectivity index (χ0n) is 14.1. The molecule has 1 N–H and O–H groups in total. The number of hydrogen-bond donors (Lipinski definition) is 1. The van der Waals surface area contributed by atoms with Crippen LogP contribution in [0.3, 0.4) is 0 Å². The summed E-state index contributed by atoms with van der Waals surface area (Å²) in [5, 5.41) is 9.51. The van der Waals surface area contributed by atoms with Crippen LogP contribution in [0.4, 0.5) is 0 Å². The second-order valence-corrected chi connectivity index (χ2v) is 6.22. The third-order valence-electron chi connectivity index (χ3n) is 4.72. The number of allylic oxidation sites excluding steroid dienone is 4. The quantitative estimate of drug-likeness (QED) is 0.517. The molecule has 0 amide bonds. The average Bonchev–Trinajstić information content (AvgIpc) is 3.31. The van der Waals surface area contributed by atoms with E-state index in [1.807, 2.05) is 12.1 Å². The summed E-state index contributed by atoms with van der Waals surface area (Å²) in [6, 6.07) is 16.6. The maximum atomic E-state index is 9.51. The second-order valence-electron chi connectivity index (χ2n) is 6.22. The molecule has 23 heavy (non-hydrogen) atoms. The van der Waals surface area contributed by atoms with Gasteiger partial charge in [0.25, 0.3) is 0 Å². The molecule has 1 heteroatoms. The van der Waals surface area contributed by atoms with Crippen LogP contribution in [0.2, 0.25) is 0 Å². The maximum absolute atomic E-state index is 9.51. The molecule has 1 nitrogen and oxygen atoms in total. The molecule has 0 fully saturated rings. The fourth-order valence-electron chi connectivity index (χ4n) is 3.31. The SMILES string of the molecule is CC/C(=C(/CC)c1ccc([C@@H]2C=C2C)cc1)c1ccc(O)cc1. The molecular weight excluding hydrogens is 280 g/mol. The van der Waals surface area contributed by atoms with Crippen LogP contribution >= 0.6 is 0 Å². The van der Waals surface area contributed by atoms with Crippen LogP contribution in [0.1, 0.15) is 56.2 Å². The number of hydrogen-bond acceptors (Lipinski definition) is 1. The van der Waals surface area contributed by atoms with E-state index in [0.717, 1.165) is 12.8 Å². The Morgan fingerprint density at radius 3 is 1.65 bits per heavy atom. The standard InChI is InChI=1S/C22H24O/c1-4-20(21(5-2)17-10-12-19(23)13-11-17)16-6-8-18(9-7-16)22-14-15(22)3/h6-14,22-23H,4-5H2,1-3H3/b21-20+/t22-/m1/s1. The van der Waals surface area contributed by atoms with Crippen molar-refractivity contribution in [2.24, 2.45) is 0 Å². The minimum absolute atomic E-state index is 0.318. The van der Waals surface area contributed by atoms with Crippen LogP contribution in [0, 0.1) is 0 Å². The molecular formula is C22H24O. The number of rotatable bonds is 5. The molecule has 0 spiro atoms. The number of benzene rings is 2. The summed E-state index contributed by atoms with van der Waals surface area (Å²) < 4.78 is 0. The van der Waals surface area contributed by atoms with Gasteiger partial charge in [-0.1, -0.05) is 61.9 Å². The first-order chi connectivity index (χ1) is 11.1. The highest BCUT2D eigenvalue weighted by Gasteiger charge is 2.21. The molecule has 2 aromatic carbocycles. The lowest BCUT2D eigenvalue weighted by Crippen LogP contribution is -1.92. The van der Waals surface area contributed by atoms with Crippen molar-refractivity contribution >= 4 is 11.1 Å². The van der Waals surface area contributed by atoms with Gasteiger partial charge in [0.2, 0.25) is 0 Å². The molecule has 1 aliphatic carbocycles. The summed E-state index contributed by atoms with van der Waals surface area (Å²) in [5.74, 6) is 0.889. The third-order valence-corrected chi connectivity index (χ3v) is 4.72. The Kier molecular flexibility index (Phi) is 4.38. The monoisotopic (exact) mass is 304 g/mol. The van der Waals surface area contributed by atoms with Crippen molar-refractivity contribution in [1.29, 1.82) is 0 Å². The number of aromatic hydroxyl groups is 1. The number of phenols is 1. The molecule has 0 bridgehead atoms. The van der Waals surface area contributed by atoms with Gasteiger partial charge in [0, 0.05) is 5.92 Å². The average molecular weight is 304 g/mol. The van der Waals surface area contributed by atoms with Gasteiger partial charge in [0.05, 0.1) is 0 Å². The summed E-state index contributed by atoms with van der Waals surface area (Å²) in [6.07, 6.45) is 4.29. The Morgan fingerprint density at radius 1 is 0.826 bits per heavy atom. The van der Waals surface area contributed by atoms with Gasteiger partial charge in [-0.25, -0.2) is 0 Å². The summed E-state index contributed by atoms with van der Waals surface area (Å²) in [6.45, 7) is 6.60. The highest BCUT2D eigenvalue weighted by Crippen LogP contribution is 2.39. The van der Waals surface area contributed by atoms with E-state index in [0.29, 0.717) is 11.7 Å². The number of phenolic OH excluding ortho intramolecular Hbond substituents is 1. The van der Waals surface area contributed by atoms with Crippen molar-refractivity contribution < 1.29 is 5.11 Å². The molecule has 0 aliphatic heterocycles. The van der Waals surface area contributed by atoms with Gasteiger partial charge in [-0.15, -0.1) is 0 Å². The van der Waals surface area contributed by atoms with Crippen LogP contribution in [-0.4, -0.2) is 5.11 Å². The van der Waals surface area contributed by atoms with Gasteiger partial charge in [-0.2, -0.15) is 0 Å². The topological polar surface area (TPSA) is 20.2 Å². The van der Waals surface area contributed by atoms with Gasteiger partial charge >= 0.3 is 0 Å². The van der Waals surface area contributed by atoms with E-state index in [-0.39, 0.29) is 0 Å². The first-order valence-corrected chi connectivity index (χ1v) is 8.44. The first kappa shape index (κ1) is 15.6. The molecule has 1 atom stereocenters. The second kappa shape index (κ2) is 6.45. The molecule has 0 unspecified atom stereocenters. The van der Waals surface area contributed by atoms with Crippen molar-refractivity contribution in [2.75, 3.05) is 0 Å². The Balaban J connectivity index is 1.96. The van der Waals surface area contributed by atoms with Crippen molar-refractivity contribution in [3.8, 4) is 5.75 Å². The van der Waals surface area contributed by atoms with Crippen molar-refractivity contribution in [2.45, 2.75) is 39.5 Å². The van der Waals surface area contributed by atoms with Crippen molar-refractivity contribution in [3.63, 3.8) is 0 Å². The Labute approximate surface area is 139 Å². The molecule has 2 aromatic rings. The van der Waals surface area contributed by atoms with Gasteiger partial charge in [-0.05, 0) is 59.7 Å². The lowest BCUT2D eigenvalue weighted by Gasteiger charge is -2.15. The predicted molar refractivity (Wildman–Crippen MR) is 98.4 cm³/mol. The largest absolute Gasteiger partial charge is 0.508 e. The predicted octanol–water partition coefficient (Wildman–Crippen LogP) is 6.17. The van der Waals surface area contributed by atoms with Gasteiger partial charge in [0.1, 0.15) is 5.75 Å². The van der Waals surface area contributed by atoms with E-state index in [1.54, 1.807) is 12.1 Å². The van der Waals surface area contributed by atoms with E-state index in [1.165, 1.54) is 33.4 Å². The highest BCUT2D eigenvalue weighted by atomic mass is 16.3. The summed E-state index contributed by atoms with van der Waals surface area (Å²) in [7, 11) is 0. The summed E-state index contributed by atoms with van der Waals surface area (Å²) in [4.78, 5) is 0. The van der Waals surface area contributed by atoms with E-state index in [9.17, 15) is 5.11 Å². The third kappa shape index (κ3) is 3.24. The molecule has 0 saturated heterocycles. The van der Waals surface area contributed by atoms with Crippen molar-refractivity contribution in [1.82, 2.24) is 0 Å². The molecule has 0 radical (unpaired) electrons. The molecule has 0 aromatic heterocycles. The van der Waals surface area contributed by atoms with E-state index in [2.05, 4.69) is 51.1 Å². The summed E-state index contributed by atoms with van der Waals surface area (Å²) in [5.41, 5.74) is 8.13. The minimum atomic E-state index is 0.318. The van der Waals surface area contributed by atoms with Crippen molar-refractivity contribution in [3.05, 3.63) is 76.9 Å². The zero-order valence-corrected chi connectivity index (χ0v) is 14.1. The van der Waals surface area contributed by atoms with Gasteiger partial charge in [0.15, 0.2) is 0 Å². The van der Waals surface area contributed by atoms with E-state index < -0.39 is 0 Å². The Bertz CT molecular complexity index is 746. The molecule has 118 valence electrons. The Morgan fingerprint density at radius 2 is 1.26 bits per heavy atom. The lowest BCUT2D eigenvalue weighted by molar-refractivity contribution is 0.475. The lowest BCUT2D eigenvalue weighted by atomic mass is 9.90. The zero-order chi connectivity index (χ0) is 16.4. The maximum Gasteiger partial charge on any atom is 0.115 e. The van der Waals surface area contributed by atoms with E-state index >= 15 is 0 Å². The normalized spacial score (nSPS) is 17.5. The fraction of sp³-hybridized carbons (Fsp3) is 0.273. The highest BCUT2D eigenvalue weighted by molar-refractivity contribution is 5.90. The van der Waals surface area contributed by atoms with Crippen LogP contribution < -0.4 is 0 Å². The van der Waals surface area contributed by atoms with Crippen LogP contribution in [0.15, 0.2) is 60.2 Å². The molecule has 0 heterocycles. The van der Waals surface area contributed by atoms with Crippen LogP contribution in [-0.2, 0) is 0 Å². The molecule has 1 aliphatic rings.